The van der Waals surface area contributed by atoms with Crippen LogP contribution in [-0.2, 0) is 25.7 Å². The van der Waals surface area contributed by atoms with Gasteiger partial charge in [0.25, 0.3) is 0 Å². The molecule has 0 saturated carbocycles. The fourth-order valence-electron chi connectivity index (χ4n) is 2.15. The highest BCUT2D eigenvalue weighted by atomic mass is 16.6. The molecule has 0 heterocycles. The van der Waals surface area contributed by atoms with Gasteiger partial charge in [0.1, 0.15) is 18.2 Å². The van der Waals surface area contributed by atoms with Crippen molar-refractivity contribution in [3.8, 4) is 0 Å². The zero-order chi connectivity index (χ0) is 19.7. The van der Waals surface area contributed by atoms with Gasteiger partial charge in [0.15, 0.2) is 0 Å². The Hall–Kier alpha value is -2.83. The molecule has 7 nitrogen and oxygen atoms in total. The monoisotopic (exact) mass is 363 g/mol. The molecular formula is C19H25NO6. The van der Waals surface area contributed by atoms with Crippen molar-refractivity contribution in [2.45, 2.75) is 45.4 Å². The maximum atomic E-state index is 12.4. The predicted molar refractivity (Wildman–Crippen MR) is 95.3 cm³/mol. The number of nitrogens with one attached hydrogen (secondary N) is 1. The number of carboxylic acid groups (broad SMARTS) is 1. The Balaban J connectivity index is 2.83. The molecule has 1 aromatic carbocycles. The maximum absolute atomic E-state index is 12.4. The van der Waals surface area contributed by atoms with Crippen molar-refractivity contribution in [2.75, 3.05) is 0 Å². The molecule has 1 aromatic rings. The highest BCUT2D eigenvalue weighted by molar-refractivity contribution is 5.87. The predicted octanol–water partition coefficient (Wildman–Crippen LogP) is 2.90. The van der Waals surface area contributed by atoms with Gasteiger partial charge in [-0.2, -0.15) is 0 Å². The molecule has 0 aliphatic rings. The minimum absolute atomic E-state index is 0.00604. The van der Waals surface area contributed by atoms with Crippen LogP contribution < -0.4 is 5.32 Å². The summed E-state index contributed by atoms with van der Waals surface area (Å²) in [6, 6.07) is 7.50. The number of alkyl carbamates (subject to hydrolysis) is 1. The minimum Gasteiger partial charge on any atom is -0.480 e. The van der Waals surface area contributed by atoms with Crippen LogP contribution in [0.4, 0.5) is 4.79 Å². The molecule has 0 aliphatic heterocycles. The first kappa shape index (κ1) is 21.2. The lowest BCUT2D eigenvalue weighted by Gasteiger charge is -2.25. The molecular weight excluding hydrogens is 338 g/mol. The second-order valence-electron chi connectivity index (χ2n) is 6.69. The van der Waals surface area contributed by atoms with E-state index >= 15 is 0 Å². The van der Waals surface area contributed by atoms with E-state index in [4.69, 9.17) is 9.47 Å². The second-order valence-corrected chi connectivity index (χ2v) is 6.69. The van der Waals surface area contributed by atoms with Crippen LogP contribution in [0.5, 0.6) is 0 Å². The summed E-state index contributed by atoms with van der Waals surface area (Å²) >= 11 is 0. The summed E-state index contributed by atoms with van der Waals surface area (Å²) < 4.78 is 10.3. The van der Waals surface area contributed by atoms with Crippen LogP contribution >= 0.6 is 0 Å². The van der Waals surface area contributed by atoms with E-state index in [-0.39, 0.29) is 13.0 Å². The SMILES string of the molecule is C=CC[C@H](C(=O)OCc1ccccc1)[C@@H](NC(=O)OC(C)(C)C)C(=O)O. The van der Waals surface area contributed by atoms with Crippen molar-refractivity contribution < 1.29 is 29.0 Å². The van der Waals surface area contributed by atoms with Gasteiger partial charge in [-0.25, -0.2) is 9.59 Å². The number of carbonyl (C=O) groups is 3. The van der Waals surface area contributed by atoms with Gasteiger partial charge >= 0.3 is 18.0 Å². The lowest BCUT2D eigenvalue weighted by molar-refractivity contribution is -0.156. The number of aliphatic carboxylic acids is 1. The van der Waals surface area contributed by atoms with Crippen molar-refractivity contribution in [2.24, 2.45) is 5.92 Å². The van der Waals surface area contributed by atoms with E-state index in [9.17, 15) is 19.5 Å². The van der Waals surface area contributed by atoms with Crippen LogP contribution in [0, 0.1) is 5.92 Å². The van der Waals surface area contributed by atoms with E-state index in [1.165, 1.54) is 6.08 Å². The molecule has 0 spiro atoms. The summed E-state index contributed by atoms with van der Waals surface area (Å²) in [5.41, 5.74) is -0.0281. The van der Waals surface area contributed by atoms with Crippen molar-refractivity contribution in [3.05, 3.63) is 48.6 Å². The molecule has 0 saturated heterocycles. The summed E-state index contributed by atoms with van der Waals surface area (Å²) in [6.45, 7) is 8.49. The van der Waals surface area contributed by atoms with Crippen LogP contribution in [0.1, 0.15) is 32.8 Å². The fourth-order valence-corrected chi connectivity index (χ4v) is 2.15. The standard InChI is InChI=1S/C19H25NO6/c1-5-9-14(17(23)25-12-13-10-7-6-8-11-13)15(16(21)22)20-18(24)26-19(2,3)4/h5-8,10-11,14-15H,1,9,12H2,2-4H3,(H,20,24)(H,21,22)/t14-,15+/m0/s1. The van der Waals surface area contributed by atoms with E-state index in [0.717, 1.165) is 5.56 Å². The van der Waals surface area contributed by atoms with Gasteiger partial charge in [0.2, 0.25) is 0 Å². The minimum atomic E-state index is -1.49. The molecule has 26 heavy (non-hydrogen) atoms. The molecule has 0 fully saturated rings. The number of allylic oxidation sites excluding steroid dienone is 1. The Kier molecular flexibility index (Phi) is 7.83. The summed E-state index contributed by atoms with van der Waals surface area (Å²) in [4.78, 5) is 35.9. The number of amides is 1. The van der Waals surface area contributed by atoms with Crippen LogP contribution in [0.2, 0.25) is 0 Å². The van der Waals surface area contributed by atoms with Crippen LogP contribution in [0.15, 0.2) is 43.0 Å². The summed E-state index contributed by atoms with van der Waals surface area (Å²) in [7, 11) is 0. The quantitative estimate of drug-likeness (QED) is 0.544. The number of ether oxygens (including phenoxy) is 2. The van der Waals surface area contributed by atoms with Crippen LogP contribution in [-0.4, -0.2) is 34.8 Å². The normalized spacial score (nSPS) is 13.2. The van der Waals surface area contributed by atoms with Gasteiger partial charge in [-0.3, -0.25) is 4.79 Å². The largest absolute Gasteiger partial charge is 0.480 e. The fraction of sp³-hybridized carbons (Fsp3) is 0.421. The summed E-state index contributed by atoms with van der Waals surface area (Å²) in [5, 5.41) is 11.7. The topological polar surface area (TPSA) is 102 Å². The van der Waals surface area contributed by atoms with Gasteiger partial charge in [0, 0.05) is 0 Å². The third kappa shape index (κ3) is 7.38. The number of esters is 1. The Bertz CT molecular complexity index is 635. The lowest BCUT2D eigenvalue weighted by atomic mass is 9.96. The van der Waals surface area contributed by atoms with E-state index in [2.05, 4.69) is 11.9 Å². The molecule has 2 N–H and O–H groups in total. The molecule has 0 bridgehead atoms. The summed E-state index contributed by atoms with van der Waals surface area (Å²) in [5.74, 6) is -3.22. The Morgan fingerprint density at radius 1 is 1.23 bits per heavy atom. The van der Waals surface area contributed by atoms with Gasteiger partial charge in [-0.05, 0) is 32.8 Å². The summed E-state index contributed by atoms with van der Waals surface area (Å²) in [6.07, 6.45) is 0.511. The van der Waals surface area contributed by atoms with Gasteiger partial charge < -0.3 is 19.9 Å². The Morgan fingerprint density at radius 2 is 1.85 bits per heavy atom. The number of hydrogen-bond donors (Lipinski definition) is 2. The first-order valence-electron chi connectivity index (χ1n) is 8.18. The van der Waals surface area contributed by atoms with E-state index in [0.29, 0.717) is 0 Å². The number of carboxylic acids is 1. The third-order valence-electron chi connectivity index (χ3n) is 3.29. The molecule has 7 heteroatoms. The van der Waals surface area contributed by atoms with Crippen molar-refractivity contribution in [1.29, 1.82) is 0 Å². The number of carbonyl (C=O) groups excluding carboxylic acids is 2. The Morgan fingerprint density at radius 3 is 2.35 bits per heavy atom. The lowest BCUT2D eigenvalue weighted by Crippen LogP contribution is -2.50. The second kappa shape index (κ2) is 9.60. The van der Waals surface area contributed by atoms with Crippen molar-refractivity contribution in [3.63, 3.8) is 0 Å². The molecule has 1 rings (SSSR count). The third-order valence-corrected chi connectivity index (χ3v) is 3.29. The average Bonchev–Trinajstić information content (AvgIpc) is 2.55. The maximum Gasteiger partial charge on any atom is 0.408 e. The zero-order valence-corrected chi connectivity index (χ0v) is 15.2. The van der Waals surface area contributed by atoms with Crippen molar-refractivity contribution >= 4 is 18.0 Å². The molecule has 2 atom stereocenters. The van der Waals surface area contributed by atoms with Gasteiger partial charge in [-0.1, -0.05) is 36.4 Å². The highest BCUT2D eigenvalue weighted by Gasteiger charge is 2.36. The van der Waals surface area contributed by atoms with Gasteiger partial charge in [-0.15, -0.1) is 6.58 Å². The van der Waals surface area contributed by atoms with Crippen LogP contribution in [0.3, 0.4) is 0 Å². The van der Waals surface area contributed by atoms with Crippen molar-refractivity contribution in [1.82, 2.24) is 5.32 Å². The smallest absolute Gasteiger partial charge is 0.408 e. The number of hydrogen-bond acceptors (Lipinski definition) is 5. The highest BCUT2D eigenvalue weighted by Crippen LogP contribution is 2.16. The molecule has 0 unspecified atom stereocenters. The first-order chi connectivity index (χ1) is 12.1. The molecule has 0 aromatic heterocycles. The average molecular weight is 363 g/mol. The first-order valence-corrected chi connectivity index (χ1v) is 8.18. The Labute approximate surface area is 153 Å². The molecule has 0 aliphatic carbocycles. The van der Waals surface area contributed by atoms with E-state index in [1.54, 1.807) is 45.0 Å². The van der Waals surface area contributed by atoms with E-state index < -0.39 is 35.6 Å². The number of benzene rings is 1. The van der Waals surface area contributed by atoms with E-state index in [1.807, 2.05) is 6.07 Å². The zero-order valence-electron chi connectivity index (χ0n) is 15.2. The number of rotatable bonds is 8. The molecule has 1 amide bonds. The molecule has 0 radical (unpaired) electrons. The molecule has 142 valence electrons. The van der Waals surface area contributed by atoms with Gasteiger partial charge in [0.05, 0.1) is 5.92 Å². The van der Waals surface area contributed by atoms with Crippen LogP contribution in [0.25, 0.3) is 0 Å².